The summed E-state index contributed by atoms with van der Waals surface area (Å²) in [5, 5.41) is 3.42. The zero-order valence-electron chi connectivity index (χ0n) is 11.7. The van der Waals surface area contributed by atoms with Crippen molar-refractivity contribution in [3.05, 3.63) is 47.8 Å². The van der Waals surface area contributed by atoms with Crippen LogP contribution in [0, 0.1) is 0 Å². The number of carbonyl (C=O) groups is 1. The minimum atomic E-state index is -4.49. The number of halogens is 3. The second-order valence-electron chi connectivity index (χ2n) is 5.17. The van der Waals surface area contributed by atoms with E-state index in [2.05, 4.69) is 5.10 Å². The maximum absolute atomic E-state index is 12.5. The largest absolute Gasteiger partial charge is 0.435 e. The number of alkyl halides is 3. The topological polar surface area (TPSA) is 38.1 Å². The van der Waals surface area contributed by atoms with Gasteiger partial charge in [-0.2, -0.15) is 18.3 Å². The minimum absolute atomic E-state index is 0.204. The summed E-state index contributed by atoms with van der Waals surface area (Å²) in [6.07, 6.45) is -1.57. The van der Waals surface area contributed by atoms with E-state index in [1.807, 2.05) is 24.3 Å². The van der Waals surface area contributed by atoms with E-state index >= 15 is 0 Å². The Kier molecular flexibility index (Phi) is 3.64. The van der Waals surface area contributed by atoms with Gasteiger partial charge in [-0.25, -0.2) is 0 Å². The molecule has 0 bridgehead atoms. The highest BCUT2D eigenvalue weighted by Crippen LogP contribution is 2.28. The Labute approximate surface area is 125 Å². The number of hydrogen-bond donors (Lipinski definition) is 0. The van der Waals surface area contributed by atoms with Crippen molar-refractivity contribution in [3.8, 4) is 0 Å². The lowest BCUT2D eigenvalue weighted by Gasteiger charge is -2.29. The lowest BCUT2D eigenvalue weighted by molar-refractivity contribution is -0.141. The second-order valence-corrected chi connectivity index (χ2v) is 5.17. The van der Waals surface area contributed by atoms with Gasteiger partial charge in [-0.15, -0.1) is 0 Å². The standard InChI is InChI=1S/C15H14F3N3O/c16-15(17,18)13-7-9-20(19-13)10-14(22)21-8-3-5-11-4-1-2-6-12(11)21/h1-2,4,6-7,9H,3,5,8,10H2. The van der Waals surface area contributed by atoms with Gasteiger partial charge in [-0.05, 0) is 30.5 Å². The lowest BCUT2D eigenvalue weighted by Crippen LogP contribution is -2.37. The van der Waals surface area contributed by atoms with Crippen LogP contribution in [-0.4, -0.2) is 22.2 Å². The van der Waals surface area contributed by atoms with Crippen molar-refractivity contribution in [3.63, 3.8) is 0 Å². The molecule has 2 aromatic rings. The monoisotopic (exact) mass is 309 g/mol. The van der Waals surface area contributed by atoms with E-state index in [-0.39, 0.29) is 12.5 Å². The fourth-order valence-corrected chi connectivity index (χ4v) is 2.62. The Hall–Kier alpha value is -2.31. The number of fused-ring (bicyclic) bond motifs is 1. The predicted octanol–water partition coefficient (Wildman–Crippen LogP) is 2.88. The van der Waals surface area contributed by atoms with Crippen LogP contribution in [0.1, 0.15) is 17.7 Å². The number of nitrogens with zero attached hydrogens (tertiary/aromatic N) is 3. The van der Waals surface area contributed by atoms with Gasteiger partial charge in [0, 0.05) is 18.4 Å². The van der Waals surface area contributed by atoms with Crippen LogP contribution < -0.4 is 4.90 Å². The van der Waals surface area contributed by atoms with Gasteiger partial charge in [0.15, 0.2) is 5.69 Å². The van der Waals surface area contributed by atoms with E-state index in [1.165, 1.54) is 6.20 Å². The number of benzene rings is 1. The summed E-state index contributed by atoms with van der Waals surface area (Å²) in [5.74, 6) is -0.260. The Morgan fingerprint density at radius 3 is 2.73 bits per heavy atom. The molecule has 1 aromatic carbocycles. The average molecular weight is 309 g/mol. The van der Waals surface area contributed by atoms with Crippen molar-refractivity contribution < 1.29 is 18.0 Å². The maximum Gasteiger partial charge on any atom is 0.435 e. The van der Waals surface area contributed by atoms with Gasteiger partial charge in [0.1, 0.15) is 6.54 Å². The molecular formula is C15H14F3N3O. The highest BCUT2D eigenvalue weighted by molar-refractivity contribution is 5.94. The Morgan fingerprint density at radius 1 is 1.23 bits per heavy atom. The van der Waals surface area contributed by atoms with Crippen LogP contribution in [0.4, 0.5) is 18.9 Å². The molecule has 2 heterocycles. The summed E-state index contributed by atoms with van der Waals surface area (Å²) < 4.78 is 38.6. The van der Waals surface area contributed by atoms with E-state index in [0.29, 0.717) is 6.54 Å². The van der Waals surface area contributed by atoms with Crippen molar-refractivity contribution >= 4 is 11.6 Å². The van der Waals surface area contributed by atoms with Crippen LogP contribution in [-0.2, 0) is 23.9 Å². The number of rotatable bonds is 2. The first-order valence-corrected chi connectivity index (χ1v) is 6.94. The van der Waals surface area contributed by atoms with Gasteiger partial charge in [0.05, 0.1) is 0 Å². The summed E-state index contributed by atoms with van der Waals surface area (Å²) in [4.78, 5) is 14.0. The van der Waals surface area contributed by atoms with Crippen LogP contribution in [0.25, 0.3) is 0 Å². The Morgan fingerprint density at radius 2 is 2.00 bits per heavy atom. The molecule has 1 aliphatic heterocycles. The van der Waals surface area contributed by atoms with Crippen LogP contribution >= 0.6 is 0 Å². The van der Waals surface area contributed by atoms with E-state index in [1.54, 1.807) is 4.90 Å². The number of aromatic nitrogens is 2. The van der Waals surface area contributed by atoms with Crippen LogP contribution in [0.15, 0.2) is 36.5 Å². The van der Waals surface area contributed by atoms with Crippen LogP contribution in [0.3, 0.4) is 0 Å². The molecule has 3 rings (SSSR count). The summed E-state index contributed by atoms with van der Waals surface area (Å²) in [5.41, 5.74) is 0.930. The number of para-hydroxylation sites is 1. The molecule has 4 nitrogen and oxygen atoms in total. The third-order valence-electron chi connectivity index (χ3n) is 3.64. The smallest absolute Gasteiger partial charge is 0.311 e. The molecule has 0 saturated carbocycles. The molecule has 7 heteroatoms. The zero-order chi connectivity index (χ0) is 15.7. The van der Waals surface area contributed by atoms with Gasteiger partial charge in [0.25, 0.3) is 0 Å². The maximum atomic E-state index is 12.5. The molecule has 1 aromatic heterocycles. The lowest BCUT2D eigenvalue weighted by atomic mass is 10.0. The highest BCUT2D eigenvalue weighted by Gasteiger charge is 2.33. The van der Waals surface area contributed by atoms with Gasteiger partial charge < -0.3 is 4.90 Å². The van der Waals surface area contributed by atoms with Crippen molar-refractivity contribution in [2.75, 3.05) is 11.4 Å². The van der Waals surface area contributed by atoms with E-state index in [9.17, 15) is 18.0 Å². The molecule has 0 unspecified atom stereocenters. The average Bonchev–Trinajstić information content (AvgIpc) is 2.95. The number of amides is 1. The zero-order valence-corrected chi connectivity index (χ0v) is 11.7. The molecule has 22 heavy (non-hydrogen) atoms. The van der Waals surface area contributed by atoms with Crippen molar-refractivity contribution in [1.82, 2.24) is 9.78 Å². The van der Waals surface area contributed by atoms with Gasteiger partial charge in [-0.1, -0.05) is 18.2 Å². The highest BCUT2D eigenvalue weighted by atomic mass is 19.4. The Bertz CT molecular complexity index is 693. The fourth-order valence-electron chi connectivity index (χ4n) is 2.62. The minimum Gasteiger partial charge on any atom is -0.311 e. The molecule has 116 valence electrons. The molecule has 0 spiro atoms. The first kappa shape index (κ1) is 14.6. The molecular weight excluding hydrogens is 295 g/mol. The Balaban J connectivity index is 1.77. The van der Waals surface area contributed by atoms with Crippen LogP contribution in [0.2, 0.25) is 0 Å². The van der Waals surface area contributed by atoms with Crippen molar-refractivity contribution in [2.45, 2.75) is 25.6 Å². The molecule has 0 aliphatic carbocycles. The summed E-state index contributed by atoms with van der Waals surface area (Å²) in [6, 6.07) is 8.45. The number of anilines is 1. The molecule has 0 radical (unpaired) electrons. The normalized spacial score (nSPS) is 14.8. The number of carbonyl (C=O) groups excluding carboxylic acids is 1. The first-order chi connectivity index (χ1) is 10.4. The van der Waals surface area contributed by atoms with E-state index in [0.717, 1.165) is 34.8 Å². The third-order valence-corrected chi connectivity index (χ3v) is 3.64. The van der Waals surface area contributed by atoms with Crippen molar-refractivity contribution in [2.24, 2.45) is 0 Å². The molecule has 1 aliphatic rings. The summed E-state index contributed by atoms with van der Waals surface area (Å²) in [6.45, 7) is 0.369. The molecule has 0 saturated heterocycles. The third kappa shape index (κ3) is 2.84. The van der Waals surface area contributed by atoms with Crippen LogP contribution in [0.5, 0.6) is 0 Å². The molecule has 0 N–H and O–H groups in total. The number of hydrogen-bond acceptors (Lipinski definition) is 2. The van der Waals surface area contributed by atoms with Gasteiger partial charge in [-0.3, -0.25) is 9.48 Å². The fraction of sp³-hybridized carbons (Fsp3) is 0.333. The SMILES string of the molecule is O=C(Cn1ccc(C(F)(F)F)n1)N1CCCc2ccccc21. The van der Waals surface area contributed by atoms with E-state index in [4.69, 9.17) is 0 Å². The molecule has 0 fully saturated rings. The van der Waals surface area contributed by atoms with Crippen molar-refractivity contribution in [1.29, 1.82) is 0 Å². The molecule has 0 atom stereocenters. The first-order valence-electron chi connectivity index (χ1n) is 6.94. The second kappa shape index (κ2) is 5.47. The number of aryl methyl sites for hydroxylation is 1. The van der Waals surface area contributed by atoms with Gasteiger partial charge in [0.2, 0.25) is 5.91 Å². The van der Waals surface area contributed by atoms with E-state index < -0.39 is 11.9 Å². The summed E-state index contributed by atoms with van der Waals surface area (Å²) in [7, 11) is 0. The molecule has 1 amide bonds. The quantitative estimate of drug-likeness (QED) is 0.855. The summed E-state index contributed by atoms with van der Waals surface area (Å²) >= 11 is 0. The van der Waals surface area contributed by atoms with Gasteiger partial charge >= 0.3 is 6.18 Å². The predicted molar refractivity (Wildman–Crippen MR) is 74.3 cm³/mol.